The van der Waals surface area contributed by atoms with Crippen molar-refractivity contribution in [3.05, 3.63) is 75.9 Å². The van der Waals surface area contributed by atoms with Gasteiger partial charge in [0.05, 0.1) is 5.69 Å². The van der Waals surface area contributed by atoms with Gasteiger partial charge in [-0.15, -0.1) is 0 Å². The number of nitrogens with zero attached hydrogens (tertiary/aromatic N) is 3. The molecule has 0 fully saturated rings. The van der Waals surface area contributed by atoms with Crippen LogP contribution in [0.1, 0.15) is 11.3 Å². The molecule has 0 bridgehead atoms. The number of amides is 1. The van der Waals surface area contributed by atoms with Gasteiger partial charge in [0, 0.05) is 36.5 Å². The third kappa shape index (κ3) is 3.67. The predicted octanol–water partition coefficient (Wildman–Crippen LogP) is 4.45. The van der Waals surface area contributed by atoms with Crippen molar-refractivity contribution >= 4 is 40.8 Å². The summed E-state index contributed by atoms with van der Waals surface area (Å²) < 4.78 is 15.6. The lowest BCUT2D eigenvalue weighted by molar-refractivity contribution is -0.125. The summed E-state index contributed by atoms with van der Waals surface area (Å²) in [4.78, 5) is 17.9. The third-order valence-electron chi connectivity index (χ3n) is 3.74. The minimum Gasteiger partial charge on any atom is -0.338 e. The second-order valence-electron chi connectivity index (χ2n) is 5.44. The Morgan fingerprint density at radius 1 is 1.28 bits per heavy atom. The fourth-order valence-corrected chi connectivity index (χ4v) is 2.87. The Labute approximate surface area is 154 Å². The topological polar surface area (TPSA) is 37.6 Å². The predicted molar refractivity (Wildman–Crippen MR) is 97.1 cm³/mol. The third-order valence-corrected chi connectivity index (χ3v) is 4.37. The summed E-state index contributed by atoms with van der Waals surface area (Å²) in [5.41, 5.74) is 1.57. The monoisotopic (exact) mass is 377 g/mol. The average Bonchev–Trinajstić information content (AvgIpc) is 2.91. The lowest BCUT2D eigenvalue weighted by atomic mass is 10.2. The molecule has 0 radical (unpaired) electrons. The Morgan fingerprint density at radius 3 is 2.84 bits per heavy atom. The number of pyridine rings is 1. The van der Waals surface area contributed by atoms with E-state index in [9.17, 15) is 9.18 Å². The van der Waals surface area contributed by atoms with E-state index in [4.69, 9.17) is 23.2 Å². The summed E-state index contributed by atoms with van der Waals surface area (Å²) in [7, 11) is 1.57. The lowest BCUT2D eigenvalue weighted by Crippen LogP contribution is -2.24. The van der Waals surface area contributed by atoms with Crippen molar-refractivity contribution < 1.29 is 9.18 Å². The van der Waals surface area contributed by atoms with E-state index in [1.807, 2.05) is 18.2 Å². The van der Waals surface area contributed by atoms with Crippen LogP contribution in [0, 0.1) is 5.82 Å². The highest BCUT2D eigenvalue weighted by atomic mass is 35.5. The number of benzene rings is 1. The van der Waals surface area contributed by atoms with E-state index in [2.05, 4.69) is 4.98 Å². The molecule has 128 valence electrons. The van der Waals surface area contributed by atoms with E-state index in [1.165, 1.54) is 23.1 Å². The van der Waals surface area contributed by atoms with Gasteiger partial charge in [0.15, 0.2) is 5.15 Å². The van der Waals surface area contributed by atoms with Gasteiger partial charge in [0.25, 0.3) is 0 Å². The fourth-order valence-electron chi connectivity index (χ4n) is 2.41. The molecule has 0 saturated heterocycles. The summed E-state index contributed by atoms with van der Waals surface area (Å²) in [6, 6.07) is 9.94. The van der Waals surface area contributed by atoms with Crippen LogP contribution in [0.5, 0.6) is 0 Å². The van der Waals surface area contributed by atoms with Crippen molar-refractivity contribution in [3.8, 4) is 0 Å². The number of hydrogen-bond acceptors (Lipinski definition) is 2. The van der Waals surface area contributed by atoms with Crippen LogP contribution in [0.25, 0.3) is 11.7 Å². The van der Waals surface area contributed by atoms with Gasteiger partial charge >= 0.3 is 0 Å². The molecule has 0 aliphatic carbocycles. The SMILES string of the molecule is CN(Cc1c(F)cccc1Cl)C(=O)C=Cc1c(Cl)nc2ccccn12. The van der Waals surface area contributed by atoms with Gasteiger partial charge in [-0.25, -0.2) is 9.37 Å². The number of carbonyl (C=O) groups excluding carboxylic acids is 1. The van der Waals surface area contributed by atoms with Crippen molar-refractivity contribution in [3.63, 3.8) is 0 Å². The summed E-state index contributed by atoms with van der Waals surface area (Å²) in [5.74, 6) is -0.748. The maximum absolute atomic E-state index is 13.8. The molecule has 3 aromatic rings. The van der Waals surface area contributed by atoms with Gasteiger partial charge in [-0.2, -0.15) is 0 Å². The van der Waals surface area contributed by atoms with Gasteiger partial charge in [0.1, 0.15) is 11.5 Å². The molecule has 25 heavy (non-hydrogen) atoms. The zero-order valence-corrected chi connectivity index (χ0v) is 14.8. The van der Waals surface area contributed by atoms with Crippen LogP contribution >= 0.6 is 23.2 Å². The highest BCUT2D eigenvalue weighted by Gasteiger charge is 2.13. The normalized spacial score (nSPS) is 11.4. The minimum absolute atomic E-state index is 0.0650. The molecule has 7 heteroatoms. The number of halogens is 3. The molecule has 0 aliphatic heterocycles. The second-order valence-corrected chi connectivity index (χ2v) is 6.21. The van der Waals surface area contributed by atoms with Gasteiger partial charge < -0.3 is 4.90 Å². The van der Waals surface area contributed by atoms with E-state index in [0.29, 0.717) is 16.5 Å². The molecule has 0 N–H and O–H groups in total. The first-order chi connectivity index (χ1) is 12.0. The van der Waals surface area contributed by atoms with Crippen LogP contribution in [0.15, 0.2) is 48.7 Å². The van der Waals surface area contributed by atoms with Crippen molar-refractivity contribution in [1.29, 1.82) is 0 Å². The number of hydrogen-bond donors (Lipinski definition) is 0. The first-order valence-corrected chi connectivity index (χ1v) is 8.21. The molecule has 4 nitrogen and oxygen atoms in total. The Balaban J connectivity index is 1.79. The number of aromatic nitrogens is 2. The second kappa shape index (κ2) is 7.25. The zero-order valence-electron chi connectivity index (χ0n) is 13.3. The van der Waals surface area contributed by atoms with Crippen molar-refractivity contribution in [1.82, 2.24) is 14.3 Å². The van der Waals surface area contributed by atoms with E-state index in [1.54, 1.807) is 29.8 Å². The van der Waals surface area contributed by atoms with Crippen LogP contribution in [-0.2, 0) is 11.3 Å². The summed E-state index contributed by atoms with van der Waals surface area (Å²) >= 11 is 12.1. The Morgan fingerprint density at radius 2 is 2.08 bits per heavy atom. The molecule has 0 aliphatic rings. The molecule has 1 aromatic carbocycles. The standard InChI is InChI=1S/C18H14Cl2FN3O/c1-23(11-12-13(19)5-4-6-14(12)21)17(25)9-8-15-18(20)22-16-7-2-3-10-24(15)16/h2-10H,11H2,1H3. The maximum atomic E-state index is 13.8. The van der Waals surface area contributed by atoms with E-state index >= 15 is 0 Å². The van der Waals surface area contributed by atoms with Crippen LogP contribution < -0.4 is 0 Å². The van der Waals surface area contributed by atoms with Crippen molar-refractivity contribution in [2.24, 2.45) is 0 Å². The fraction of sp³-hybridized carbons (Fsp3) is 0.111. The van der Waals surface area contributed by atoms with Gasteiger partial charge in [-0.3, -0.25) is 9.20 Å². The number of likely N-dealkylation sites (N-methyl/N-ethyl adjacent to an activating group) is 1. The van der Waals surface area contributed by atoms with Crippen LogP contribution in [-0.4, -0.2) is 27.2 Å². The minimum atomic E-state index is -0.444. The highest BCUT2D eigenvalue weighted by Crippen LogP contribution is 2.21. The van der Waals surface area contributed by atoms with Gasteiger partial charge in [-0.1, -0.05) is 35.3 Å². The molecule has 0 spiro atoms. The Kier molecular flexibility index (Phi) is 5.06. The van der Waals surface area contributed by atoms with Gasteiger partial charge in [0.2, 0.25) is 5.91 Å². The maximum Gasteiger partial charge on any atom is 0.246 e. The summed E-state index contributed by atoms with van der Waals surface area (Å²) in [6.07, 6.45) is 4.77. The molecule has 1 amide bonds. The zero-order chi connectivity index (χ0) is 18.0. The smallest absolute Gasteiger partial charge is 0.246 e. The van der Waals surface area contributed by atoms with E-state index in [0.717, 1.165) is 0 Å². The number of fused-ring (bicyclic) bond motifs is 1. The molecule has 0 atom stereocenters. The molecule has 2 aromatic heterocycles. The molecule has 0 saturated carbocycles. The van der Waals surface area contributed by atoms with Crippen molar-refractivity contribution in [2.75, 3.05) is 7.05 Å². The number of carbonyl (C=O) groups is 1. The average molecular weight is 378 g/mol. The van der Waals surface area contributed by atoms with Crippen LogP contribution in [0.4, 0.5) is 4.39 Å². The molecular weight excluding hydrogens is 364 g/mol. The highest BCUT2D eigenvalue weighted by molar-refractivity contribution is 6.31. The summed E-state index contributed by atoms with van der Waals surface area (Å²) in [5, 5.41) is 0.587. The van der Waals surface area contributed by atoms with Crippen LogP contribution in [0.3, 0.4) is 0 Å². The largest absolute Gasteiger partial charge is 0.338 e. The number of imidazole rings is 1. The molecule has 0 unspecified atom stereocenters. The van der Waals surface area contributed by atoms with E-state index in [-0.39, 0.29) is 23.0 Å². The van der Waals surface area contributed by atoms with E-state index < -0.39 is 5.82 Å². The van der Waals surface area contributed by atoms with Crippen LogP contribution in [0.2, 0.25) is 10.2 Å². The van der Waals surface area contributed by atoms with Crippen molar-refractivity contribution in [2.45, 2.75) is 6.54 Å². The summed E-state index contributed by atoms with van der Waals surface area (Å²) in [6.45, 7) is 0.0650. The molecule has 3 rings (SSSR count). The lowest BCUT2D eigenvalue weighted by Gasteiger charge is -2.16. The first kappa shape index (κ1) is 17.5. The first-order valence-electron chi connectivity index (χ1n) is 7.46. The number of rotatable bonds is 4. The molecule has 2 heterocycles. The quantitative estimate of drug-likeness (QED) is 0.629. The van der Waals surface area contributed by atoms with Gasteiger partial charge in [-0.05, 0) is 30.3 Å². The Hall–Kier alpha value is -2.37. The Bertz CT molecular complexity index is 948. The molecular formula is C18H14Cl2FN3O.